The molecule has 100 valence electrons. The van der Waals surface area contributed by atoms with Crippen molar-refractivity contribution in [3.8, 4) is 0 Å². The third-order valence-corrected chi connectivity index (χ3v) is 4.97. The van der Waals surface area contributed by atoms with Gasteiger partial charge in [-0.05, 0) is 25.7 Å². The zero-order valence-corrected chi connectivity index (χ0v) is 11.8. The third-order valence-electron chi connectivity index (χ3n) is 2.89. The highest BCUT2D eigenvalue weighted by atomic mass is 32.2. The molecule has 0 saturated carbocycles. The van der Waals surface area contributed by atoms with Gasteiger partial charge >= 0.3 is 0 Å². The Morgan fingerprint density at radius 1 is 1.18 bits per heavy atom. The molecule has 0 rings (SSSR count). The lowest BCUT2D eigenvalue weighted by Gasteiger charge is -2.17. The van der Waals surface area contributed by atoms with Crippen LogP contribution < -0.4 is 0 Å². The van der Waals surface area contributed by atoms with Gasteiger partial charge in [0.05, 0.1) is 5.75 Å². The van der Waals surface area contributed by atoms with E-state index in [0.717, 1.165) is 32.1 Å². The van der Waals surface area contributed by atoms with E-state index in [1.807, 2.05) is 0 Å². The van der Waals surface area contributed by atoms with Crippen LogP contribution in [0.4, 0.5) is 0 Å². The highest BCUT2D eigenvalue weighted by Crippen LogP contribution is 2.19. The van der Waals surface area contributed by atoms with Gasteiger partial charge in [-0.1, -0.05) is 33.1 Å². The van der Waals surface area contributed by atoms with Crippen LogP contribution in [-0.4, -0.2) is 25.6 Å². The zero-order valence-electron chi connectivity index (χ0n) is 11.0. The van der Waals surface area contributed by atoms with Crippen molar-refractivity contribution >= 4 is 15.9 Å². The van der Waals surface area contributed by atoms with Crippen LogP contribution in [0.5, 0.6) is 0 Å². The molecule has 0 aliphatic rings. The van der Waals surface area contributed by atoms with E-state index >= 15 is 0 Å². The summed E-state index contributed by atoms with van der Waals surface area (Å²) in [5, 5.41) is -0.957. The van der Waals surface area contributed by atoms with Crippen LogP contribution in [0.3, 0.4) is 0 Å². The Kier molecular flexibility index (Phi) is 8.09. The van der Waals surface area contributed by atoms with Crippen molar-refractivity contribution in [1.29, 1.82) is 0 Å². The van der Waals surface area contributed by atoms with Gasteiger partial charge in [0.1, 0.15) is 0 Å². The van der Waals surface area contributed by atoms with E-state index in [9.17, 15) is 13.2 Å². The number of isocyanates is 1. The number of unbranched alkanes of at least 4 members (excludes halogenated alkanes) is 1. The summed E-state index contributed by atoms with van der Waals surface area (Å²) in [6, 6.07) is 0. The first-order chi connectivity index (χ1) is 7.97. The minimum atomic E-state index is -3.30. The molecule has 0 aliphatic heterocycles. The van der Waals surface area contributed by atoms with Gasteiger partial charge < -0.3 is 0 Å². The lowest BCUT2D eigenvalue weighted by Crippen LogP contribution is -2.24. The van der Waals surface area contributed by atoms with Crippen molar-refractivity contribution in [2.75, 3.05) is 5.75 Å². The summed E-state index contributed by atoms with van der Waals surface area (Å²) in [5.74, 6) is 0.321. The van der Waals surface area contributed by atoms with Crippen molar-refractivity contribution in [2.45, 2.75) is 58.2 Å². The van der Waals surface area contributed by atoms with E-state index in [2.05, 4.69) is 18.8 Å². The molecule has 0 N–H and O–H groups in total. The summed E-state index contributed by atoms with van der Waals surface area (Å²) < 4.78 is 23.8. The van der Waals surface area contributed by atoms with Gasteiger partial charge in [0.25, 0.3) is 0 Å². The van der Waals surface area contributed by atoms with Crippen LogP contribution in [0.25, 0.3) is 0 Å². The van der Waals surface area contributed by atoms with E-state index in [4.69, 9.17) is 0 Å². The van der Waals surface area contributed by atoms with Crippen LogP contribution >= 0.6 is 0 Å². The Hall–Kier alpha value is -0.670. The molecule has 0 spiro atoms. The highest BCUT2D eigenvalue weighted by Gasteiger charge is 2.24. The lowest BCUT2D eigenvalue weighted by atomic mass is 9.99. The molecule has 0 aromatic heterocycles. The van der Waals surface area contributed by atoms with E-state index in [-0.39, 0.29) is 11.7 Å². The van der Waals surface area contributed by atoms with Gasteiger partial charge in [-0.2, -0.15) is 4.99 Å². The standard InChI is InChI=1S/C12H23NO3S/c1-4-6-8-12(7-5-2)9-17(15,16)11(3)13-10-14/h11-12H,4-9H2,1-3H3. The molecule has 4 nitrogen and oxygen atoms in total. The number of hydrogen-bond donors (Lipinski definition) is 0. The smallest absolute Gasteiger partial charge is 0.227 e. The van der Waals surface area contributed by atoms with Gasteiger partial charge in [0.2, 0.25) is 6.08 Å². The quantitative estimate of drug-likeness (QED) is 0.473. The molecular weight excluding hydrogens is 238 g/mol. The summed E-state index contributed by atoms with van der Waals surface area (Å²) in [7, 11) is -3.30. The highest BCUT2D eigenvalue weighted by molar-refractivity contribution is 7.92. The molecule has 17 heavy (non-hydrogen) atoms. The van der Waals surface area contributed by atoms with Crippen molar-refractivity contribution in [3.63, 3.8) is 0 Å². The summed E-state index contributed by atoms with van der Waals surface area (Å²) in [5.41, 5.74) is 0. The number of hydrogen-bond acceptors (Lipinski definition) is 4. The van der Waals surface area contributed by atoms with Crippen molar-refractivity contribution in [1.82, 2.24) is 0 Å². The number of nitrogens with zero attached hydrogens (tertiary/aromatic N) is 1. The molecule has 5 heteroatoms. The first-order valence-corrected chi connectivity index (χ1v) is 7.98. The molecule has 0 aromatic carbocycles. The fourth-order valence-corrected chi connectivity index (χ4v) is 3.31. The van der Waals surface area contributed by atoms with Crippen LogP contribution in [0.1, 0.15) is 52.9 Å². The number of rotatable bonds is 9. The van der Waals surface area contributed by atoms with Gasteiger partial charge in [-0.15, -0.1) is 0 Å². The van der Waals surface area contributed by atoms with E-state index in [0.29, 0.717) is 0 Å². The molecule has 0 saturated heterocycles. The Bertz CT molecular complexity index is 345. The monoisotopic (exact) mass is 261 g/mol. The van der Waals surface area contributed by atoms with Gasteiger partial charge in [0.15, 0.2) is 15.2 Å². The largest absolute Gasteiger partial charge is 0.236 e. The summed E-state index contributed by atoms with van der Waals surface area (Å²) in [6.45, 7) is 5.58. The molecule has 0 amide bonds. The van der Waals surface area contributed by atoms with Crippen LogP contribution in [0.2, 0.25) is 0 Å². The minimum absolute atomic E-state index is 0.132. The lowest BCUT2D eigenvalue weighted by molar-refractivity contribution is 0.459. The maximum absolute atomic E-state index is 11.9. The predicted octanol–water partition coefficient (Wildman–Crippen LogP) is 2.69. The molecule has 0 aromatic rings. The van der Waals surface area contributed by atoms with Crippen LogP contribution in [-0.2, 0) is 14.6 Å². The molecule has 0 aliphatic carbocycles. The second-order valence-electron chi connectivity index (χ2n) is 4.45. The molecular formula is C12H23NO3S. The summed E-state index contributed by atoms with van der Waals surface area (Å²) >= 11 is 0. The summed E-state index contributed by atoms with van der Waals surface area (Å²) in [4.78, 5) is 13.4. The topological polar surface area (TPSA) is 63.6 Å². The van der Waals surface area contributed by atoms with Crippen molar-refractivity contribution in [3.05, 3.63) is 0 Å². The Labute approximate surface area is 104 Å². The van der Waals surface area contributed by atoms with Gasteiger partial charge in [-0.25, -0.2) is 13.2 Å². The van der Waals surface area contributed by atoms with Crippen LogP contribution in [0.15, 0.2) is 4.99 Å². The number of carbonyl (C=O) groups excluding carboxylic acids is 1. The summed E-state index contributed by atoms with van der Waals surface area (Å²) in [6.07, 6.45) is 6.26. The van der Waals surface area contributed by atoms with Gasteiger partial charge in [-0.3, -0.25) is 0 Å². The first kappa shape index (κ1) is 16.3. The van der Waals surface area contributed by atoms with Crippen molar-refractivity contribution < 1.29 is 13.2 Å². The zero-order chi connectivity index (χ0) is 13.3. The fourth-order valence-electron chi connectivity index (χ4n) is 1.83. The molecule has 2 unspecified atom stereocenters. The SMILES string of the molecule is CCCCC(CCC)CS(=O)(=O)C(C)N=C=O. The second kappa shape index (κ2) is 8.43. The normalized spacial score (nSPS) is 15.0. The maximum atomic E-state index is 11.9. The third kappa shape index (κ3) is 6.59. The number of aliphatic imine (C=N–C) groups is 1. The van der Waals surface area contributed by atoms with E-state index < -0.39 is 15.2 Å². The Morgan fingerprint density at radius 2 is 1.82 bits per heavy atom. The molecule has 0 radical (unpaired) electrons. The van der Waals surface area contributed by atoms with Crippen LogP contribution in [0, 0.1) is 5.92 Å². The predicted molar refractivity (Wildman–Crippen MR) is 69.3 cm³/mol. The Balaban J connectivity index is 4.55. The Morgan fingerprint density at radius 3 is 2.29 bits per heavy atom. The molecule has 0 heterocycles. The van der Waals surface area contributed by atoms with E-state index in [1.165, 1.54) is 13.0 Å². The minimum Gasteiger partial charge on any atom is -0.227 e. The first-order valence-electron chi connectivity index (χ1n) is 6.26. The van der Waals surface area contributed by atoms with Gasteiger partial charge in [0, 0.05) is 0 Å². The second-order valence-corrected chi connectivity index (χ2v) is 6.79. The average Bonchev–Trinajstić information content (AvgIpc) is 2.26. The molecule has 2 atom stereocenters. The van der Waals surface area contributed by atoms with Crippen molar-refractivity contribution in [2.24, 2.45) is 10.9 Å². The average molecular weight is 261 g/mol. The fraction of sp³-hybridized carbons (Fsp3) is 0.917. The van der Waals surface area contributed by atoms with E-state index in [1.54, 1.807) is 0 Å². The maximum Gasteiger partial charge on any atom is 0.236 e. The molecule has 0 bridgehead atoms. The number of sulfone groups is 1. The molecule has 0 fully saturated rings.